The van der Waals surface area contributed by atoms with E-state index in [4.69, 9.17) is 11.6 Å². The number of nitrogens with zero attached hydrogens (tertiary/aromatic N) is 2. The molecule has 0 aliphatic heterocycles. The summed E-state index contributed by atoms with van der Waals surface area (Å²) >= 11 is 6.99. The summed E-state index contributed by atoms with van der Waals surface area (Å²) in [4.78, 5) is 30.2. The van der Waals surface area contributed by atoms with Crippen LogP contribution in [0.5, 0.6) is 0 Å². The Morgan fingerprint density at radius 1 is 1.25 bits per heavy atom. The van der Waals surface area contributed by atoms with E-state index in [1.807, 2.05) is 12.1 Å². The van der Waals surface area contributed by atoms with E-state index in [2.05, 4.69) is 24.1 Å². The van der Waals surface area contributed by atoms with Gasteiger partial charge in [-0.3, -0.25) is 14.2 Å². The van der Waals surface area contributed by atoms with Crippen molar-refractivity contribution in [2.45, 2.75) is 51.2 Å². The number of aromatic nitrogens is 2. The molecule has 0 saturated heterocycles. The van der Waals surface area contributed by atoms with E-state index in [1.165, 1.54) is 30.0 Å². The SMILES string of the molecule is CCC(C)CCCCn1c(SCC(=O)Nc2ccc(F)c(Cl)c2)nc2ccccc2c1=O. The molecule has 3 rings (SSSR count). The number of carbonyl (C=O) groups is 1. The minimum atomic E-state index is -0.545. The van der Waals surface area contributed by atoms with Crippen LogP contribution in [0.25, 0.3) is 10.9 Å². The lowest BCUT2D eigenvalue weighted by Gasteiger charge is -2.14. The van der Waals surface area contributed by atoms with Crippen LogP contribution < -0.4 is 10.9 Å². The van der Waals surface area contributed by atoms with E-state index in [9.17, 15) is 14.0 Å². The number of rotatable bonds is 10. The number of halogens is 2. The number of nitrogens with one attached hydrogen (secondary N) is 1. The summed E-state index contributed by atoms with van der Waals surface area (Å²) < 4.78 is 15.0. The quantitative estimate of drug-likeness (QED) is 0.217. The molecule has 0 bridgehead atoms. The Kier molecular flexibility index (Phi) is 8.70. The number of para-hydroxylation sites is 1. The second-order valence-electron chi connectivity index (χ2n) is 7.84. The Balaban J connectivity index is 1.74. The molecule has 2 aromatic carbocycles. The Labute approximate surface area is 196 Å². The summed E-state index contributed by atoms with van der Waals surface area (Å²) in [5, 5.41) is 3.73. The normalized spacial score (nSPS) is 12.1. The number of carbonyl (C=O) groups excluding carboxylic acids is 1. The number of thioether (sulfide) groups is 1. The molecular formula is C24H27ClFN3O2S. The molecule has 0 radical (unpaired) electrons. The van der Waals surface area contributed by atoms with E-state index in [0.717, 1.165) is 25.7 Å². The van der Waals surface area contributed by atoms with Crippen molar-refractivity contribution >= 4 is 45.9 Å². The van der Waals surface area contributed by atoms with Gasteiger partial charge in [0, 0.05) is 12.2 Å². The lowest BCUT2D eigenvalue weighted by Crippen LogP contribution is -2.24. The third-order valence-electron chi connectivity index (χ3n) is 5.39. The standard InChI is InChI=1S/C24H27ClFN3O2S/c1-3-16(2)8-6-7-13-29-23(31)18-9-4-5-10-21(18)28-24(29)32-15-22(30)27-17-11-12-20(26)19(25)14-17/h4-5,9-12,14,16H,3,6-8,13,15H2,1-2H3,(H,27,30). The number of hydrogen-bond acceptors (Lipinski definition) is 4. The number of anilines is 1. The van der Waals surface area contributed by atoms with Gasteiger partial charge in [-0.15, -0.1) is 0 Å². The van der Waals surface area contributed by atoms with Crippen molar-refractivity contribution in [3.05, 3.63) is 63.7 Å². The van der Waals surface area contributed by atoms with Gasteiger partial charge in [-0.25, -0.2) is 9.37 Å². The summed E-state index contributed by atoms with van der Waals surface area (Å²) in [6, 6.07) is 11.3. The predicted molar refractivity (Wildman–Crippen MR) is 130 cm³/mol. The fourth-order valence-electron chi connectivity index (χ4n) is 3.32. The van der Waals surface area contributed by atoms with Crippen LogP contribution >= 0.6 is 23.4 Å². The molecule has 1 atom stereocenters. The first kappa shape index (κ1) is 24.3. The van der Waals surface area contributed by atoms with E-state index < -0.39 is 5.82 Å². The number of fused-ring (bicyclic) bond motifs is 1. The maximum atomic E-state index is 13.3. The second kappa shape index (κ2) is 11.5. The van der Waals surface area contributed by atoms with Crippen molar-refractivity contribution in [3.63, 3.8) is 0 Å². The molecule has 0 aliphatic carbocycles. The van der Waals surface area contributed by atoms with Crippen molar-refractivity contribution in [1.82, 2.24) is 9.55 Å². The third-order valence-corrected chi connectivity index (χ3v) is 6.65. The smallest absolute Gasteiger partial charge is 0.262 e. The zero-order valence-electron chi connectivity index (χ0n) is 18.2. The average Bonchev–Trinajstić information content (AvgIpc) is 2.79. The summed E-state index contributed by atoms with van der Waals surface area (Å²) in [7, 11) is 0. The molecule has 1 heterocycles. The number of unbranched alkanes of at least 4 members (excludes halogenated alkanes) is 1. The first-order valence-electron chi connectivity index (χ1n) is 10.8. The fourth-order valence-corrected chi connectivity index (χ4v) is 4.33. The highest BCUT2D eigenvalue weighted by Crippen LogP contribution is 2.22. The molecule has 0 spiro atoms. The van der Waals surface area contributed by atoms with Crippen molar-refractivity contribution in [1.29, 1.82) is 0 Å². The zero-order valence-corrected chi connectivity index (χ0v) is 19.8. The molecule has 1 amide bonds. The molecule has 3 aromatic rings. The van der Waals surface area contributed by atoms with Crippen molar-refractivity contribution in [2.75, 3.05) is 11.1 Å². The van der Waals surface area contributed by atoms with Gasteiger partial charge in [0.1, 0.15) is 5.82 Å². The van der Waals surface area contributed by atoms with Gasteiger partial charge in [0.25, 0.3) is 5.56 Å². The Bertz CT molecular complexity index is 1150. The molecule has 170 valence electrons. The van der Waals surface area contributed by atoms with Gasteiger partial charge in [-0.05, 0) is 42.7 Å². The van der Waals surface area contributed by atoms with E-state index in [1.54, 1.807) is 16.7 Å². The molecule has 0 aliphatic rings. The summed E-state index contributed by atoms with van der Waals surface area (Å²) in [5.41, 5.74) is 0.935. The highest BCUT2D eigenvalue weighted by molar-refractivity contribution is 7.99. The lowest BCUT2D eigenvalue weighted by molar-refractivity contribution is -0.113. The number of amides is 1. The summed E-state index contributed by atoms with van der Waals surface area (Å²) in [5.74, 6) is -0.105. The molecule has 1 aromatic heterocycles. The van der Waals surface area contributed by atoms with Gasteiger partial charge in [0.05, 0.1) is 21.7 Å². The van der Waals surface area contributed by atoms with E-state index in [-0.39, 0.29) is 22.2 Å². The van der Waals surface area contributed by atoms with Crippen LogP contribution in [-0.2, 0) is 11.3 Å². The fraction of sp³-hybridized carbons (Fsp3) is 0.375. The second-order valence-corrected chi connectivity index (χ2v) is 9.19. The third kappa shape index (κ3) is 6.33. The van der Waals surface area contributed by atoms with Crippen LogP contribution in [0.15, 0.2) is 52.4 Å². The lowest BCUT2D eigenvalue weighted by atomic mass is 10.0. The highest BCUT2D eigenvalue weighted by atomic mass is 35.5. The van der Waals surface area contributed by atoms with Crippen LogP contribution in [0, 0.1) is 11.7 Å². The molecule has 32 heavy (non-hydrogen) atoms. The topological polar surface area (TPSA) is 64.0 Å². The molecular weight excluding hydrogens is 449 g/mol. The average molecular weight is 476 g/mol. The molecule has 8 heteroatoms. The molecule has 1 unspecified atom stereocenters. The maximum Gasteiger partial charge on any atom is 0.262 e. The van der Waals surface area contributed by atoms with Gasteiger partial charge < -0.3 is 5.32 Å². The minimum absolute atomic E-state index is 0.0575. The van der Waals surface area contributed by atoms with Gasteiger partial charge in [0.2, 0.25) is 5.91 Å². The maximum absolute atomic E-state index is 13.3. The summed E-state index contributed by atoms with van der Waals surface area (Å²) in [6.45, 7) is 4.98. The number of hydrogen-bond donors (Lipinski definition) is 1. The first-order chi connectivity index (χ1) is 15.4. The monoisotopic (exact) mass is 475 g/mol. The Morgan fingerprint density at radius 3 is 2.78 bits per heavy atom. The molecule has 0 saturated carbocycles. The first-order valence-corrected chi connectivity index (χ1v) is 12.1. The van der Waals surface area contributed by atoms with Crippen LogP contribution in [0.4, 0.5) is 10.1 Å². The zero-order chi connectivity index (χ0) is 23.1. The van der Waals surface area contributed by atoms with Crippen LogP contribution in [0.2, 0.25) is 5.02 Å². The highest BCUT2D eigenvalue weighted by Gasteiger charge is 2.14. The van der Waals surface area contributed by atoms with E-state index >= 15 is 0 Å². The van der Waals surface area contributed by atoms with Gasteiger partial charge >= 0.3 is 0 Å². The van der Waals surface area contributed by atoms with Crippen molar-refractivity contribution in [2.24, 2.45) is 5.92 Å². The van der Waals surface area contributed by atoms with Crippen molar-refractivity contribution in [3.8, 4) is 0 Å². The van der Waals surface area contributed by atoms with Gasteiger partial charge in [-0.2, -0.15) is 0 Å². The molecule has 5 nitrogen and oxygen atoms in total. The van der Waals surface area contributed by atoms with E-state index in [0.29, 0.717) is 34.2 Å². The number of benzene rings is 2. The van der Waals surface area contributed by atoms with Crippen LogP contribution in [-0.4, -0.2) is 21.2 Å². The Hall–Kier alpha value is -2.38. The molecule has 1 N–H and O–H groups in total. The van der Waals surface area contributed by atoms with Gasteiger partial charge in [0.15, 0.2) is 5.16 Å². The van der Waals surface area contributed by atoms with Crippen LogP contribution in [0.1, 0.15) is 39.5 Å². The minimum Gasteiger partial charge on any atom is -0.325 e. The Morgan fingerprint density at radius 2 is 2.03 bits per heavy atom. The van der Waals surface area contributed by atoms with Gasteiger partial charge in [-0.1, -0.05) is 68.6 Å². The largest absolute Gasteiger partial charge is 0.325 e. The molecule has 0 fully saturated rings. The van der Waals surface area contributed by atoms with Crippen LogP contribution in [0.3, 0.4) is 0 Å². The predicted octanol–water partition coefficient (Wildman–Crippen LogP) is 6.14. The summed E-state index contributed by atoms with van der Waals surface area (Å²) in [6.07, 6.45) is 4.17. The van der Waals surface area contributed by atoms with Crippen molar-refractivity contribution < 1.29 is 9.18 Å².